The van der Waals surface area contributed by atoms with Crippen molar-refractivity contribution in [2.45, 2.75) is 19.8 Å². The highest BCUT2D eigenvalue weighted by Crippen LogP contribution is 2.04. The fourth-order valence-electron chi connectivity index (χ4n) is 1.79. The molecule has 6 nitrogen and oxygen atoms in total. The lowest BCUT2D eigenvalue weighted by Gasteiger charge is -1.98. The second-order valence-corrected chi connectivity index (χ2v) is 4.66. The summed E-state index contributed by atoms with van der Waals surface area (Å²) in [5.74, 6) is -0.489. The molecule has 0 saturated carbocycles. The van der Waals surface area contributed by atoms with Crippen LogP contribution in [0.3, 0.4) is 0 Å². The molecule has 0 spiro atoms. The molecular formula is C15H16N4O2. The predicted octanol–water partition coefficient (Wildman–Crippen LogP) is 1.46. The first kappa shape index (κ1) is 14.6. The van der Waals surface area contributed by atoms with E-state index in [1.807, 2.05) is 43.3 Å². The standard InChI is InChI=1S/C15H16N4O2/c1-11(7-12-5-3-2-4-6-12)10-16-18-14(20)8-13-9-15(21)19-17-13/h2-7,10H,8-9H2,1H3,(H,18,20)(H,19,21)/b11-7+,16-10-. The van der Waals surface area contributed by atoms with Crippen LogP contribution in [0.4, 0.5) is 0 Å². The quantitative estimate of drug-likeness (QED) is 0.634. The summed E-state index contributed by atoms with van der Waals surface area (Å²) in [5.41, 5.74) is 7.21. The van der Waals surface area contributed by atoms with Gasteiger partial charge in [0, 0.05) is 0 Å². The van der Waals surface area contributed by atoms with Crippen LogP contribution in [0.15, 0.2) is 46.1 Å². The topological polar surface area (TPSA) is 82.9 Å². The van der Waals surface area contributed by atoms with Crippen molar-refractivity contribution in [3.05, 3.63) is 41.5 Å². The average molecular weight is 284 g/mol. The van der Waals surface area contributed by atoms with E-state index >= 15 is 0 Å². The lowest BCUT2D eigenvalue weighted by Crippen LogP contribution is -2.20. The Labute approximate surface area is 122 Å². The molecule has 108 valence electrons. The third kappa shape index (κ3) is 5.02. The van der Waals surface area contributed by atoms with E-state index in [1.165, 1.54) is 0 Å². The Balaban J connectivity index is 1.80. The van der Waals surface area contributed by atoms with Crippen LogP contribution in [0.2, 0.25) is 0 Å². The van der Waals surface area contributed by atoms with Gasteiger partial charge in [-0.05, 0) is 18.1 Å². The maximum Gasteiger partial charge on any atom is 0.245 e. The summed E-state index contributed by atoms with van der Waals surface area (Å²) in [6.45, 7) is 1.90. The first-order valence-corrected chi connectivity index (χ1v) is 6.53. The van der Waals surface area contributed by atoms with Crippen LogP contribution >= 0.6 is 0 Å². The molecule has 2 rings (SSSR count). The van der Waals surface area contributed by atoms with Crippen molar-refractivity contribution in [3.63, 3.8) is 0 Å². The highest BCUT2D eigenvalue weighted by Gasteiger charge is 2.16. The number of nitrogens with one attached hydrogen (secondary N) is 2. The molecule has 1 heterocycles. The molecule has 1 aromatic rings. The number of hydrazone groups is 2. The van der Waals surface area contributed by atoms with Crippen LogP contribution in [0.25, 0.3) is 6.08 Å². The normalized spacial score (nSPS) is 15.0. The summed E-state index contributed by atoms with van der Waals surface area (Å²) in [6.07, 6.45) is 3.77. The number of amides is 2. The molecule has 0 saturated heterocycles. The summed E-state index contributed by atoms with van der Waals surface area (Å²) in [6, 6.07) is 9.83. The summed E-state index contributed by atoms with van der Waals surface area (Å²) in [7, 11) is 0. The van der Waals surface area contributed by atoms with Gasteiger partial charge >= 0.3 is 0 Å². The van der Waals surface area contributed by atoms with Gasteiger partial charge in [-0.25, -0.2) is 10.9 Å². The molecule has 0 bridgehead atoms. The fraction of sp³-hybridized carbons (Fsp3) is 0.200. The van der Waals surface area contributed by atoms with E-state index < -0.39 is 0 Å². The number of nitrogens with zero attached hydrogens (tertiary/aromatic N) is 2. The lowest BCUT2D eigenvalue weighted by molar-refractivity contribution is -0.119. The maximum atomic E-state index is 11.6. The van der Waals surface area contributed by atoms with Gasteiger partial charge in [0.05, 0.1) is 24.8 Å². The minimum atomic E-state index is -0.297. The third-order valence-corrected chi connectivity index (χ3v) is 2.72. The van der Waals surface area contributed by atoms with Crippen molar-refractivity contribution in [3.8, 4) is 0 Å². The largest absolute Gasteiger partial charge is 0.273 e. The van der Waals surface area contributed by atoms with Crippen LogP contribution in [0.1, 0.15) is 25.3 Å². The number of benzene rings is 1. The van der Waals surface area contributed by atoms with Crippen LogP contribution in [0.5, 0.6) is 0 Å². The van der Waals surface area contributed by atoms with E-state index in [2.05, 4.69) is 21.1 Å². The Morgan fingerprint density at radius 3 is 2.86 bits per heavy atom. The van der Waals surface area contributed by atoms with E-state index in [0.717, 1.165) is 11.1 Å². The van der Waals surface area contributed by atoms with Gasteiger partial charge in [0.1, 0.15) is 0 Å². The number of rotatable bonds is 5. The van der Waals surface area contributed by atoms with E-state index in [9.17, 15) is 9.59 Å². The molecule has 0 atom stereocenters. The molecule has 0 fully saturated rings. The molecule has 0 radical (unpaired) electrons. The van der Waals surface area contributed by atoms with Gasteiger partial charge in [0.2, 0.25) is 11.8 Å². The smallest absolute Gasteiger partial charge is 0.245 e. The zero-order valence-corrected chi connectivity index (χ0v) is 11.7. The molecular weight excluding hydrogens is 268 g/mol. The number of allylic oxidation sites excluding steroid dienone is 1. The molecule has 1 aliphatic heterocycles. The van der Waals surface area contributed by atoms with Crippen LogP contribution < -0.4 is 10.9 Å². The van der Waals surface area contributed by atoms with Gasteiger partial charge in [-0.2, -0.15) is 10.2 Å². The summed E-state index contributed by atoms with van der Waals surface area (Å²) < 4.78 is 0. The molecule has 0 unspecified atom stereocenters. The summed E-state index contributed by atoms with van der Waals surface area (Å²) in [5, 5.41) is 7.62. The Hall–Kier alpha value is -2.76. The van der Waals surface area contributed by atoms with E-state index in [1.54, 1.807) is 6.21 Å². The minimum Gasteiger partial charge on any atom is -0.273 e. The Kier molecular flexibility index (Phi) is 4.98. The minimum absolute atomic E-state index is 0.0670. The van der Waals surface area contributed by atoms with Gasteiger partial charge in [0.25, 0.3) is 0 Å². The van der Waals surface area contributed by atoms with E-state index in [4.69, 9.17) is 0 Å². The highest BCUT2D eigenvalue weighted by molar-refractivity contribution is 6.11. The number of carbonyl (C=O) groups excluding carboxylic acids is 2. The average Bonchev–Trinajstić information content (AvgIpc) is 2.85. The van der Waals surface area contributed by atoms with Crippen molar-refractivity contribution in [1.82, 2.24) is 10.9 Å². The molecule has 0 aromatic heterocycles. The van der Waals surface area contributed by atoms with E-state index in [-0.39, 0.29) is 24.7 Å². The van der Waals surface area contributed by atoms with Crippen LogP contribution in [-0.4, -0.2) is 23.7 Å². The zero-order valence-electron chi connectivity index (χ0n) is 11.7. The molecule has 2 N–H and O–H groups in total. The lowest BCUT2D eigenvalue weighted by atomic mass is 10.1. The first-order valence-electron chi connectivity index (χ1n) is 6.53. The molecule has 2 amide bonds. The molecule has 21 heavy (non-hydrogen) atoms. The van der Waals surface area contributed by atoms with Crippen molar-refractivity contribution >= 4 is 29.8 Å². The summed E-state index contributed by atoms with van der Waals surface area (Å²) >= 11 is 0. The van der Waals surface area contributed by atoms with E-state index in [0.29, 0.717) is 5.71 Å². The molecule has 1 aromatic carbocycles. The Morgan fingerprint density at radius 1 is 1.43 bits per heavy atom. The third-order valence-electron chi connectivity index (χ3n) is 2.72. The fourth-order valence-corrected chi connectivity index (χ4v) is 1.79. The second-order valence-electron chi connectivity index (χ2n) is 4.66. The zero-order chi connectivity index (χ0) is 15.1. The number of carbonyl (C=O) groups is 2. The van der Waals surface area contributed by atoms with Gasteiger partial charge in [-0.3, -0.25) is 9.59 Å². The predicted molar refractivity (Wildman–Crippen MR) is 81.5 cm³/mol. The van der Waals surface area contributed by atoms with Crippen molar-refractivity contribution < 1.29 is 9.59 Å². The second kappa shape index (κ2) is 7.14. The van der Waals surface area contributed by atoms with Crippen molar-refractivity contribution in [2.75, 3.05) is 0 Å². The SMILES string of the molecule is CC(/C=N\NC(=O)CC1=NNC(=O)C1)=C\c1ccccc1. The highest BCUT2D eigenvalue weighted by atomic mass is 16.2. The first-order chi connectivity index (χ1) is 10.1. The Morgan fingerprint density at radius 2 is 2.19 bits per heavy atom. The number of hydrogen-bond donors (Lipinski definition) is 2. The van der Waals surface area contributed by atoms with Gasteiger partial charge < -0.3 is 0 Å². The van der Waals surface area contributed by atoms with Gasteiger partial charge in [0.15, 0.2) is 0 Å². The van der Waals surface area contributed by atoms with Gasteiger partial charge in [-0.15, -0.1) is 0 Å². The van der Waals surface area contributed by atoms with Crippen LogP contribution in [0, 0.1) is 0 Å². The molecule has 0 aliphatic carbocycles. The monoisotopic (exact) mass is 284 g/mol. The molecule has 1 aliphatic rings. The van der Waals surface area contributed by atoms with Gasteiger partial charge in [-0.1, -0.05) is 36.4 Å². The summed E-state index contributed by atoms with van der Waals surface area (Å²) in [4.78, 5) is 22.5. The Bertz CT molecular complexity index is 618. The molecule has 6 heteroatoms. The van der Waals surface area contributed by atoms with Crippen molar-refractivity contribution in [1.29, 1.82) is 0 Å². The van der Waals surface area contributed by atoms with Crippen LogP contribution in [-0.2, 0) is 9.59 Å². The maximum absolute atomic E-state index is 11.6. The van der Waals surface area contributed by atoms with Crippen molar-refractivity contribution in [2.24, 2.45) is 10.2 Å². The number of hydrogen-bond acceptors (Lipinski definition) is 4.